The third-order valence-electron chi connectivity index (χ3n) is 1.63. The molecular formula is C9H18N2. The Hall–Kier alpha value is -0.520. The van der Waals surface area contributed by atoms with Gasteiger partial charge in [-0.05, 0) is 20.6 Å². The van der Waals surface area contributed by atoms with Gasteiger partial charge in [-0.15, -0.1) is 6.42 Å². The van der Waals surface area contributed by atoms with Crippen molar-refractivity contribution in [3.63, 3.8) is 0 Å². The van der Waals surface area contributed by atoms with Crippen LogP contribution in [0.3, 0.4) is 0 Å². The van der Waals surface area contributed by atoms with E-state index in [1.54, 1.807) is 0 Å². The molecule has 0 amide bonds. The molecule has 0 aliphatic rings. The Morgan fingerprint density at radius 3 is 2.27 bits per heavy atom. The first-order chi connectivity index (χ1) is 5.20. The van der Waals surface area contributed by atoms with Crippen molar-refractivity contribution in [3.05, 3.63) is 0 Å². The second-order valence-electron chi connectivity index (χ2n) is 2.88. The van der Waals surface area contributed by atoms with Crippen LogP contribution in [0.5, 0.6) is 0 Å². The smallest absolute Gasteiger partial charge is 0.0599 e. The average Bonchev–Trinajstić information content (AvgIpc) is 1.97. The van der Waals surface area contributed by atoms with Crippen molar-refractivity contribution in [3.8, 4) is 12.3 Å². The first-order valence-corrected chi connectivity index (χ1v) is 4.01. The number of nitrogens with zero attached hydrogens (tertiary/aromatic N) is 2. The highest BCUT2D eigenvalue weighted by atomic mass is 15.2. The summed E-state index contributed by atoms with van der Waals surface area (Å²) in [4.78, 5) is 4.42. The average molecular weight is 154 g/mol. The second-order valence-corrected chi connectivity index (χ2v) is 2.88. The van der Waals surface area contributed by atoms with E-state index < -0.39 is 0 Å². The fraction of sp³-hybridized carbons (Fsp3) is 0.778. The Bertz CT molecular complexity index is 124. The molecule has 0 saturated heterocycles. The van der Waals surface area contributed by atoms with Crippen LogP contribution >= 0.6 is 0 Å². The zero-order valence-corrected chi connectivity index (χ0v) is 7.80. The van der Waals surface area contributed by atoms with E-state index >= 15 is 0 Å². The lowest BCUT2D eigenvalue weighted by atomic mass is 10.4. The van der Waals surface area contributed by atoms with Crippen LogP contribution in [0.4, 0.5) is 0 Å². The molecule has 0 atom stereocenters. The lowest BCUT2D eigenvalue weighted by Gasteiger charge is -2.19. The summed E-state index contributed by atoms with van der Waals surface area (Å²) < 4.78 is 0. The van der Waals surface area contributed by atoms with Crippen molar-refractivity contribution in [2.24, 2.45) is 0 Å². The standard InChI is InChI=1S/C9H18N2/c1-5-7-11(6-2)9-8-10(3)4/h1H,6-9H2,2-4H3. The molecule has 2 heteroatoms. The van der Waals surface area contributed by atoms with Crippen molar-refractivity contribution < 1.29 is 0 Å². The SMILES string of the molecule is C#CCN(CC)CCN(C)C. The zero-order chi connectivity index (χ0) is 8.69. The van der Waals surface area contributed by atoms with E-state index in [9.17, 15) is 0 Å². The second kappa shape index (κ2) is 6.21. The summed E-state index contributed by atoms with van der Waals surface area (Å²) in [6.07, 6.45) is 5.21. The van der Waals surface area contributed by atoms with Crippen molar-refractivity contribution in [1.29, 1.82) is 0 Å². The molecule has 0 spiro atoms. The Morgan fingerprint density at radius 2 is 1.91 bits per heavy atom. The van der Waals surface area contributed by atoms with Gasteiger partial charge in [0.05, 0.1) is 6.54 Å². The summed E-state index contributed by atoms with van der Waals surface area (Å²) in [7, 11) is 4.15. The molecule has 0 aliphatic carbocycles. The predicted molar refractivity (Wildman–Crippen MR) is 49.5 cm³/mol. The molecule has 64 valence electrons. The van der Waals surface area contributed by atoms with E-state index in [4.69, 9.17) is 6.42 Å². The van der Waals surface area contributed by atoms with Gasteiger partial charge in [0.15, 0.2) is 0 Å². The van der Waals surface area contributed by atoms with Gasteiger partial charge in [-0.3, -0.25) is 4.90 Å². The fourth-order valence-corrected chi connectivity index (χ4v) is 0.819. The fourth-order valence-electron chi connectivity index (χ4n) is 0.819. The highest BCUT2D eigenvalue weighted by Crippen LogP contribution is 1.86. The van der Waals surface area contributed by atoms with Gasteiger partial charge in [-0.1, -0.05) is 12.8 Å². The third-order valence-corrected chi connectivity index (χ3v) is 1.63. The first-order valence-electron chi connectivity index (χ1n) is 4.01. The van der Waals surface area contributed by atoms with Gasteiger partial charge in [-0.25, -0.2) is 0 Å². The van der Waals surface area contributed by atoms with Crippen molar-refractivity contribution >= 4 is 0 Å². The largest absolute Gasteiger partial charge is 0.308 e. The van der Waals surface area contributed by atoms with E-state index in [2.05, 4.69) is 36.7 Å². The maximum Gasteiger partial charge on any atom is 0.0599 e. The van der Waals surface area contributed by atoms with Gasteiger partial charge in [0.2, 0.25) is 0 Å². The first kappa shape index (κ1) is 10.5. The lowest BCUT2D eigenvalue weighted by molar-refractivity contribution is 0.274. The third kappa shape index (κ3) is 5.90. The molecule has 0 heterocycles. The van der Waals surface area contributed by atoms with Gasteiger partial charge in [0, 0.05) is 13.1 Å². The molecule has 0 unspecified atom stereocenters. The molecule has 0 aliphatic heterocycles. The van der Waals surface area contributed by atoms with Crippen LogP contribution in [0.1, 0.15) is 6.92 Å². The number of likely N-dealkylation sites (N-methyl/N-ethyl adjacent to an activating group) is 2. The summed E-state index contributed by atoms with van der Waals surface area (Å²) in [5.41, 5.74) is 0. The molecular weight excluding hydrogens is 136 g/mol. The minimum absolute atomic E-state index is 0.768. The molecule has 0 bridgehead atoms. The molecule has 0 aromatic carbocycles. The van der Waals surface area contributed by atoms with Crippen LogP contribution in [0, 0.1) is 12.3 Å². The summed E-state index contributed by atoms with van der Waals surface area (Å²) >= 11 is 0. The van der Waals surface area contributed by atoms with Crippen LogP contribution in [-0.4, -0.2) is 50.1 Å². The van der Waals surface area contributed by atoms with Crippen LogP contribution in [0.2, 0.25) is 0 Å². The normalized spacial score (nSPS) is 10.5. The number of rotatable bonds is 5. The maximum absolute atomic E-state index is 5.21. The lowest BCUT2D eigenvalue weighted by Crippen LogP contribution is -2.31. The van der Waals surface area contributed by atoms with Gasteiger partial charge >= 0.3 is 0 Å². The summed E-state index contributed by atoms with van der Waals surface area (Å²) in [6, 6.07) is 0. The van der Waals surface area contributed by atoms with E-state index in [-0.39, 0.29) is 0 Å². The van der Waals surface area contributed by atoms with E-state index in [0.29, 0.717) is 0 Å². The van der Waals surface area contributed by atoms with Gasteiger partial charge < -0.3 is 4.90 Å². The quantitative estimate of drug-likeness (QED) is 0.532. The summed E-state index contributed by atoms with van der Waals surface area (Å²) in [5, 5.41) is 0. The van der Waals surface area contributed by atoms with E-state index in [1.807, 2.05) is 0 Å². The highest BCUT2D eigenvalue weighted by Gasteiger charge is 1.99. The van der Waals surface area contributed by atoms with Crippen molar-refractivity contribution in [2.75, 3.05) is 40.3 Å². The Labute approximate surface area is 70.2 Å². The van der Waals surface area contributed by atoms with E-state index in [1.165, 1.54) is 0 Å². The molecule has 0 saturated carbocycles. The number of terminal acetylenes is 1. The monoisotopic (exact) mass is 154 g/mol. The molecule has 11 heavy (non-hydrogen) atoms. The van der Waals surface area contributed by atoms with Crippen LogP contribution in [-0.2, 0) is 0 Å². The molecule has 0 rings (SSSR count). The van der Waals surface area contributed by atoms with Crippen LogP contribution < -0.4 is 0 Å². The van der Waals surface area contributed by atoms with Gasteiger partial charge in [-0.2, -0.15) is 0 Å². The molecule has 0 aromatic heterocycles. The Balaban J connectivity index is 3.45. The molecule has 0 fully saturated rings. The van der Waals surface area contributed by atoms with Gasteiger partial charge in [0.25, 0.3) is 0 Å². The number of hydrogen-bond donors (Lipinski definition) is 0. The topological polar surface area (TPSA) is 6.48 Å². The Kier molecular flexibility index (Phi) is 5.91. The molecule has 0 radical (unpaired) electrons. The maximum atomic E-state index is 5.21. The van der Waals surface area contributed by atoms with Crippen molar-refractivity contribution in [2.45, 2.75) is 6.92 Å². The van der Waals surface area contributed by atoms with Crippen LogP contribution in [0.15, 0.2) is 0 Å². The van der Waals surface area contributed by atoms with Crippen LogP contribution in [0.25, 0.3) is 0 Å². The highest BCUT2D eigenvalue weighted by molar-refractivity contribution is 4.87. The summed E-state index contributed by atoms with van der Waals surface area (Å²) in [6.45, 7) is 6.08. The van der Waals surface area contributed by atoms with E-state index in [0.717, 1.165) is 26.2 Å². The predicted octanol–water partition coefficient (Wildman–Crippen LogP) is 0.503. The van der Waals surface area contributed by atoms with Crippen molar-refractivity contribution in [1.82, 2.24) is 9.80 Å². The Morgan fingerprint density at radius 1 is 1.27 bits per heavy atom. The minimum atomic E-state index is 0.768. The molecule has 0 N–H and O–H groups in total. The molecule has 2 nitrogen and oxygen atoms in total. The summed E-state index contributed by atoms with van der Waals surface area (Å²) in [5.74, 6) is 2.65. The molecule has 0 aromatic rings. The number of hydrogen-bond acceptors (Lipinski definition) is 2. The minimum Gasteiger partial charge on any atom is -0.308 e. The zero-order valence-electron chi connectivity index (χ0n) is 7.80. The van der Waals surface area contributed by atoms with Gasteiger partial charge in [0.1, 0.15) is 0 Å².